The molecule has 2 aromatic rings. The zero-order chi connectivity index (χ0) is 21.7. The maximum Gasteiger partial charge on any atom is 0.328 e. The number of alkyl halides is 2. The zero-order valence-electron chi connectivity index (χ0n) is 15.4. The quantitative estimate of drug-likeness (QED) is 0.696. The van der Waals surface area contributed by atoms with Crippen molar-refractivity contribution in [1.29, 1.82) is 0 Å². The number of carbonyl (C=O) groups is 1. The smallest absolute Gasteiger partial charge is 0.328 e. The van der Waals surface area contributed by atoms with E-state index in [1.54, 1.807) is 18.2 Å². The predicted octanol–water partition coefficient (Wildman–Crippen LogP) is 3.59. The fourth-order valence-electron chi connectivity index (χ4n) is 3.42. The first-order valence-electron chi connectivity index (χ1n) is 8.94. The van der Waals surface area contributed by atoms with Gasteiger partial charge in [-0.15, -0.1) is 0 Å². The van der Waals surface area contributed by atoms with Crippen molar-refractivity contribution in [2.24, 2.45) is 0 Å². The van der Waals surface area contributed by atoms with Crippen molar-refractivity contribution in [2.75, 3.05) is 13.1 Å². The maximum atomic E-state index is 13.0. The van der Waals surface area contributed by atoms with Crippen LogP contribution in [0.15, 0.2) is 53.4 Å². The van der Waals surface area contributed by atoms with Crippen molar-refractivity contribution in [1.82, 2.24) is 4.31 Å². The third-order valence-electron chi connectivity index (χ3n) is 4.91. The summed E-state index contributed by atoms with van der Waals surface area (Å²) in [4.78, 5) is 10.6. The van der Waals surface area contributed by atoms with E-state index >= 15 is 0 Å². The van der Waals surface area contributed by atoms with Crippen LogP contribution in [0.3, 0.4) is 0 Å². The Balaban J connectivity index is 1.56. The third kappa shape index (κ3) is 3.92. The minimum Gasteiger partial charge on any atom is -0.484 e. The zero-order valence-corrected chi connectivity index (χ0v) is 17.0. The lowest BCUT2D eigenvalue weighted by Gasteiger charge is -2.37. The number of benzene rings is 2. The summed E-state index contributed by atoms with van der Waals surface area (Å²) in [7, 11) is -3.96. The Bertz CT molecular complexity index is 1140. The molecular formula is C20H16ClF2NO5S. The van der Waals surface area contributed by atoms with Crippen LogP contribution in [0.4, 0.5) is 8.78 Å². The molecule has 2 aromatic carbocycles. The number of carboxylic acids is 1. The lowest BCUT2D eigenvalue weighted by Crippen LogP contribution is -2.58. The highest BCUT2D eigenvalue weighted by Gasteiger charge is 2.49. The van der Waals surface area contributed by atoms with Gasteiger partial charge in [0.2, 0.25) is 10.0 Å². The number of nitrogens with zero attached hydrogens (tertiary/aromatic N) is 1. The number of ether oxygens (including phenoxy) is 1. The molecule has 1 saturated heterocycles. The molecule has 0 amide bonds. The molecule has 1 atom stereocenters. The molecule has 0 bridgehead atoms. The molecule has 30 heavy (non-hydrogen) atoms. The maximum absolute atomic E-state index is 13.0. The second kappa shape index (κ2) is 7.33. The van der Waals surface area contributed by atoms with Crippen molar-refractivity contribution < 1.29 is 31.8 Å². The Morgan fingerprint density at radius 2 is 1.87 bits per heavy atom. The minimum atomic E-state index is -3.96. The molecule has 0 aliphatic carbocycles. The standard InChI is InChI=1S/C20H16ClF2NO5S/c21-17-9-13(7-14-8-15(29-19(14)17)3-6-18(25)26)12-1-4-16(5-2-12)30(27,28)24-10-20(22,23)11-24/h1-7,9,15H,8,10-11H2,(H,25,26). The van der Waals surface area contributed by atoms with E-state index in [1.165, 1.54) is 18.2 Å². The van der Waals surface area contributed by atoms with Gasteiger partial charge in [0.15, 0.2) is 0 Å². The van der Waals surface area contributed by atoms with Gasteiger partial charge >= 0.3 is 5.97 Å². The second-order valence-corrected chi connectivity index (χ2v) is 9.50. The predicted molar refractivity (Wildman–Crippen MR) is 105 cm³/mol. The number of carboxylic acid groups (broad SMARTS) is 1. The molecule has 0 radical (unpaired) electrons. The Labute approximate surface area is 176 Å². The van der Waals surface area contributed by atoms with Crippen molar-refractivity contribution >= 4 is 27.6 Å². The molecule has 0 saturated carbocycles. The first-order valence-corrected chi connectivity index (χ1v) is 10.8. The van der Waals surface area contributed by atoms with Gasteiger partial charge in [-0.3, -0.25) is 0 Å². The lowest BCUT2D eigenvalue weighted by atomic mass is 10.0. The van der Waals surface area contributed by atoms with E-state index in [9.17, 15) is 22.0 Å². The van der Waals surface area contributed by atoms with Crippen molar-refractivity contribution in [3.8, 4) is 16.9 Å². The highest BCUT2D eigenvalue weighted by molar-refractivity contribution is 7.89. The van der Waals surface area contributed by atoms with Crippen molar-refractivity contribution in [3.63, 3.8) is 0 Å². The van der Waals surface area contributed by atoms with Crippen LogP contribution in [-0.2, 0) is 21.2 Å². The van der Waals surface area contributed by atoms with Gasteiger partial charge in [-0.05, 0) is 41.5 Å². The van der Waals surface area contributed by atoms with Crippen LogP contribution >= 0.6 is 11.6 Å². The molecule has 2 aliphatic heterocycles. The van der Waals surface area contributed by atoms with Gasteiger partial charge in [0.05, 0.1) is 23.0 Å². The molecule has 2 heterocycles. The highest BCUT2D eigenvalue weighted by atomic mass is 35.5. The van der Waals surface area contributed by atoms with Crippen LogP contribution in [0.25, 0.3) is 11.1 Å². The van der Waals surface area contributed by atoms with Crippen LogP contribution in [0.2, 0.25) is 5.02 Å². The third-order valence-corrected chi connectivity index (χ3v) is 6.99. The van der Waals surface area contributed by atoms with Gasteiger partial charge in [0, 0.05) is 18.1 Å². The van der Waals surface area contributed by atoms with Gasteiger partial charge < -0.3 is 9.84 Å². The molecule has 2 aliphatic rings. The second-order valence-electron chi connectivity index (χ2n) is 7.16. The van der Waals surface area contributed by atoms with E-state index < -0.39 is 41.1 Å². The molecule has 0 spiro atoms. The normalized spacial score (nSPS) is 20.6. The van der Waals surface area contributed by atoms with E-state index in [2.05, 4.69) is 0 Å². The Morgan fingerprint density at radius 1 is 1.20 bits per heavy atom. The van der Waals surface area contributed by atoms with E-state index in [0.29, 0.717) is 22.8 Å². The van der Waals surface area contributed by atoms with Crippen LogP contribution in [-0.4, -0.2) is 48.9 Å². The van der Waals surface area contributed by atoms with E-state index in [0.717, 1.165) is 21.5 Å². The molecule has 10 heteroatoms. The molecular weight excluding hydrogens is 440 g/mol. The van der Waals surface area contributed by atoms with E-state index in [-0.39, 0.29) is 4.90 Å². The monoisotopic (exact) mass is 455 g/mol. The summed E-state index contributed by atoms with van der Waals surface area (Å²) in [5.41, 5.74) is 2.22. The molecule has 1 fully saturated rings. The van der Waals surface area contributed by atoms with Crippen LogP contribution in [0.5, 0.6) is 5.75 Å². The van der Waals surface area contributed by atoms with Crippen LogP contribution in [0, 0.1) is 0 Å². The number of rotatable bonds is 5. The SMILES string of the molecule is O=C(O)C=CC1Cc2cc(-c3ccc(S(=O)(=O)N4CC(F)(F)C4)cc3)cc(Cl)c2O1. The fraction of sp³-hybridized carbons (Fsp3) is 0.250. The lowest BCUT2D eigenvalue weighted by molar-refractivity contribution is -0.131. The number of hydrogen-bond donors (Lipinski definition) is 1. The van der Waals surface area contributed by atoms with Gasteiger partial charge in [-0.25, -0.2) is 22.0 Å². The summed E-state index contributed by atoms with van der Waals surface area (Å²) in [6.07, 6.45) is 2.46. The van der Waals surface area contributed by atoms with Gasteiger partial charge in [-0.1, -0.05) is 23.7 Å². The first kappa shape index (κ1) is 20.8. The summed E-state index contributed by atoms with van der Waals surface area (Å²) in [6.45, 7) is -1.62. The summed E-state index contributed by atoms with van der Waals surface area (Å²) >= 11 is 6.31. The molecule has 6 nitrogen and oxygen atoms in total. The number of fused-ring (bicyclic) bond motifs is 1. The minimum absolute atomic E-state index is 0.0591. The summed E-state index contributed by atoms with van der Waals surface area (Å²) in [5.74, 6) is -3.56. The van der Waals surface area contributed by atoms with Gasteiger partial charge in [0.25, 0.3) is 5.92 Å². The molecule has 1 unspecified atom stereocenters. The highest BCUT2D eigenvalue weighted by Crippen LogP contribution is 2.40. The van der Waals surface area contributed by atoms with Crippen LogP contribution < -0.4 is 4.74 Å². The summed E-state index contributed by atoms with van der Waals surface area (Å²) in [5, 5.41) is 9.10. The fourth-order valence-corrected chi connectivity index (χ4v) is 5.19. The average molecular weight is 456 g/mol. The van der Waals surface area contributed by atoms with Crippen molar-refractivity contribution in [2.45, 2.75) is 23.3 Å². The van der Waals surface area contributed by atoms with Gasteiger partial charge in [0.1, 0.15) is 11.9 Å². The Hall–Kier alpha value is -2.49. The van der Waals surface area contributed by atoms with Crippen LogP contribution in [0.1, 0.15) is 5.56 Å². The van der Waals surface area contributed by atoms with Gasteiger partial charge in [-0.2, -0.15) is 4.31 Å². The number of halogens is 3. The molecule has 158 valence electrons. The number of sulfonamides is 1. The molecule has 4 rings (SSSR count). The molecule has 0 aromatic heterocycles. The van der Waals surface area contributed by atoms with E-state index in [4.69, 9.17) is 21.4 Å². The average Bonchev–Trinajstić information content (AvgIpc) is 3.08. The Kier molecular flexibility index (Phi) is 5.08. The number of aliphatic carboxylic acids is 1. The Morgan fingerprint density at radius 3 is 2.47 bits per heavy atom. The first-order chi connectivity index (χ1) is 14.0. The van der Waals surface area contributed by atoms with E-state index in [1.807, 2.05) is 6.07 Å². The number of hydrogen-bond acceptors (Lipinski definition) is 4. The summed E-state index contributed by atoms with van der Waals surface area (Å²) in [6, 6.07) is 9.42. The largest absolute Gasteiger partial charge is 0.484 e. The summed E-state index contributed by atoms with van der Waals surface area (Å²) < 4.78 is 57.3. The van der Waals surface area contributed by atoms with Crippen molar-refractivity contribution in [3.05, 3.63) is 59.1 Å². The topological polar surface area (TPSA) is 83.9 Å². The molecule has 1 N–H and O–H groups in total.